The number of carbonyl (C=O) groups is 9. The van der Waals surface area contributed by atoms with Gasteiger partial charge in [-0.05, 0) is 140 Å². The van der Waals surface area contributed by atoms with Crippen molar-refractivity contribution in [3.63, 3.8) is 0 Å². The van der Waals surface area contributed by atoms with Crippen LogP contribution in [-0.4, -0.2) is 200 Å². The second kappa shape index (κ2) is 49.1. The molecule has 3 aliphatic rings. The Morgan fingerprint density at radius 2 is 0.925 bits per heavy atom. The van der Waals surface area contributed by atoms with Gasteiger partial charge in [0.2, 0.25) is 29.5 Å². The molecule has 3 saturated heterocycles. The van der Waals surface area contributed by atoms with E-state index in [1.807, 2.05) is 6.92 Å². The first-order valence-electron chi connectivity index (χ1n) is 41.2. The van der Waals surface area contributed by atoms with Crippen LogP contribution in [0.4, 0.5) is 26.3 Å². The van der Waals surface area contributed by atoms with E-state index in [2.05, 4.69) is 21.3 Å². The van der Waals surface area contributed by atoms with Crippen LogP contribution in [0.15, 0.2) is 157 Å². The van der Waals surface area contributed by atoms with Gasteiger partial charge in [0.25, 0.3) is 16.5 Å². The number of carboxylic acids is 1. The number of hydrogen-bond acceptors (Lipinski definition) is 22. The normalized spacial score (nSPS) is 16.4. The van der Waals surface area contributed by atoms with Gasteiger partial charge in [0.05, 0.1) is 65.5 Å². The van der Waals surface area contributed by atoms with Gasteiger partial charge in [-0.2, -0.15) is 22.4 Å². The van der Waals surface area contributed by atoms with Crippen LogP contribution in [0.2, 0.25) is 15.1 Å². The molecule has 718 valence electrons. The number of nitrogens with one attached hydrogen (secondary N) is 4. The summed E-state index contributed by atoms with van der Waals surface area (Å²) in [6.45, 7) is 12.2. The molecule has 0 radical (unpaired) electrons. The molecule has 0 saturated carbocycles. The number of aryl methyl sites for hydroxylation is 1. The van der Waals surface area contributed by atoms with Gasteiger partial charge in [-0.25, -0.2) is 26.3 Å². The molecule has 0 aliphatic carbocycles. The molecule has 7 aromatic carbocycles. The molecule has 0 unspecified atom stereocenters. The van der Waals surface area contributed by atoms with Crippen molar-refractivity contribution in [3.8, 4) is 17.2 Å². The number of alkyl halides is 3. The van der Waals surface area contributed by atoms with Crippen LogP contribution in [-0.2, 0) is 105 Å². The number of amides is 5. The Kier molecular flexibility index (Phi) is 39.8. The molecule has 31 nitrogen and oxygen atoms in total. The fraction of sp³-hybridized carbons (Fsp3) is 0.360. The Morgan fingerprint density at radius 3 is 1.30 bits per heavy atom. The smallest absolute Gasteiger partial charge is 0.449 e. The molecule has 13 rings (SSSR count). The number of fused-ring (bicyclic) bond motifs is 3. The Balaban J connectivity index is 0.000000215. The largest absolute Gasteiger partial charge is 0.508 e. The number of ether oxygens (including phenoxy) is 1. The van der Waals surface area contributed by atoms with Gasteiger partial charge in [-0.3, -0.25) is 51.9 Å². The molecule has 8 N–H and O–H groups in total. The summed E-state index contributed by atoms with van der Waals surface area (Å²) in [5.41, 5.74) is 4.36. The number of aromatic nitrogens is 3. The lowest BCUT2D eigenvalue weighted by Crippen LogP contribution is -2.46. The van der Waals surface area contributed by atoms with E-state index < -0.39 is 116 Å². The number of ketones is 3. The van der Waals surface area contributed by atoms with Crippen LogP contribution in [0.25, 0.3) is 32.7 Å². The van der Waals surface area contributed by atoms with E-state index in [1.54, 1.807) is 99.0 Å². The molecule has 0 spiro atoms. The molecular formula is C89H100Cl4F6N9O22P2S+. The van der Waals surface area contributed by atoms with Crippen LogP contribution < -0.4 is 26.0 Å². The number of likely N-dealkylation sites (tertiary alicyclic amines) is 2. The van der Waals surface area contributed by atoms with Crippen molar-refractivity contribution in [1.82, 2.24) is 44.8 Å². The van der Waals surface area contributed by atoms with Crippen molar-refractivity contribution < 1.29 is 130 Å². The van der Waals surface area contributed by atoms with Crippen molar-refractivity contribution in [3.05, 3.63) is 224 Å². The summed E-state index contributed by atoms with van der Waals surface area (Å²) in [5.74, 6) is -5.68. The van der Waals surface area contributed by atoms with E-state index in [1.165, 1.54) is 115 Å². The van der Waals surface area contributed by atoms with E-state index in [9.17, 15) is 97.6 Å². The zero-order valence-corrected chi connectivity index (χ0v) is 78.8. The molecule has 44 heteroatoms. The predicted molar refractivity (Wildman–Crippen MR) is 488 cm³/mol. The van der Waals surface area contributed by atoms with E-state index >= 15 is 0 Å². The van der Waals surface area contributed by atoms with E-state index in [0.29, 0.717) is 60.7 Å². The van der Waals surface area contributed by atoms with Gasteiger partial charge in [0.15, 0.2) is 23.7 Å². The standard InChI is InChI=1S/C29H33ClF2N3O7P.C24H22ClF2N3O4.C12H13ClF2N2O.C12H11NO4.C12H19O6PS.ClH/c1-4-41-43(39,42-5-2)17-40-21-9-10-25-22(12-21)23(18(3)36)15-34(25)16-27(37)35-14-20(31)11-26(35)29(38)33-13-19-7-6-8-24(30)28(19)32;1-13(31)18-11-29(20-6-5-16(32)8-17(18)20)12-22(33)30-10-15(26)7-21(30)24(34)28-9-14-3-2-4-19(25)23(14)27;13-9-3-1-2-7(11(9)15)5-17-12(18)10-4-8(14)6-16-10;1-7(14)10-5-13(6-12(16)17)11-3-2-8(15)4-9(10)11;1-4-16-19(13,17-5-2)10-18-20(14,15)12-8-6-11(3)7-9-12;/h6-10,12,15,20,26,39H,4-5,11,13-14,16-17H2,1-3H3;2-6,8,11,15,21,32H,7,9-10,12H2,1H3,(H,28,34);1-3,8,10,16H,4-6H2,(H,17,18);2-5,15H,6H2,1H3,(H,16,17);6-9H,4-5,10H2,1-3H3;1H/p+1/t20-,26+;15-,21+;8-,10+;;;/m111.../s1. The van der Waals surface area contributed by atoms with Crippen molar-refractivity contribution >= 4 is 158 Å². The lowest BCUT2D eigenvalue weighted by atomic mass is 10.1. The van der Waals surface area contributed by atoms with Crippen LogP contribution in [0, 0.1) is 24.4 Å². The minimum atomic E-state index is -3.98. The van der Waals surface area contributed by atoms with Gasteiger partial charge in [-0.15, -0.1) is 12.4 Å². The van der Waals surface area contributed by atoms with Gasteiger partial charge in [0, 0.05) is 130 Å². The van der Waals surface area contributed by atoms with Crippen LogP contribution in [0.3, 0.4) is 0 Å². The Morgan fingerprint density at radius 1 is 0.534 bits per heavy atom. The number of halogens is 10. The number of carbonyl (C=O) groups excluding carboxylic acids is 8. The average Bonchev–Trinajstić information content (AvgIpc) is 1.64. The fourth-order valence-corrected chi connectivity index (χ4v) is 19.0. The first kappa shape index (κ1) is 108. The maximum atomic E-state index is 14.5. The zero-order valence-electron chi connectivity index (χ0n) is 73.1. The number of phenolic OH excluding ortho intramolecular Hbond substituents is 2. The lowest BCUT2D eigenvalue weighted by Gasteiger charge is -2.24. The molecule has 5 amide bonds. The third kappa shape index (κ3) is 29.2. The Bertz CT molecular complexity index is 6030. The number of phenols is 2. The number of nitrogens with zero attached hydrogens (tertiary/aromatic N) is 5. The summed E-state index contributed by atoms with van der Waals surface area (Å²) in [7, 11) is -10.8. The van der Waals surface area contributed by atoms with E-state index in [0.717, 1.165) is 15.4 Å². The molecule has 3 aromatic heterocycles. The maximum Gasteiger partial charge on any atom is 0.449 e. The Labute approximate surface area is 783 Å². The van der Waals surface area contributed by atoms with Crippen LogP contribution in [0.5, 0.6) is 17.2 Å². The highest BCUT2D eigenvalue weighted by atomic mass is 35.5. The Hall–Kier alpha value is -10.5. The topological polar surface area (TPSA) is 411 Å². The third-order valence-corrected chi connectivity index (χ3v) is 26.5. The zero-order chi connectivity index (χ0) is 96.8. The van der Waals surface area contributed by atoms with Crippen molar-refractivity contribution in [2.24, 2.45) is 0 Å². The van der Waals surface area contributed by atoms with Crippen molar-refractivity contribution in [2.75, 3.05) is 58.8 Å². The molecule has 0 bridgehead atoms. The van der Waals surface area contributed by atoms with Gasteiger partial charge >= 0.3 is 21.5 Å². The maximum absolute atomic E-state index is 14.5. The van der Waals surface area contributed by atoms with Crippen LogP contribution >= 0.6 is 62.7 Å². The highest BCUT2D eigenvalue weighted by Crippen LogP contribution is 2.57. The quantitative estimate of drug-likeness (QED) is 0.00819. The monoisotopic (exact) mass is 1990 g/mol. The summed E-state index contributed by atoms with van der Waals surface area (Å²) >= 11 is 17.2. The molecule has 10 aromatic rings. The number of rotatable bonds is 33. The number of aliphatic carboxylic acids is 1. The van der Waals surface area contributed by atoms with E-state index in [-0.39, 0.29) is 189 Å². The lowest BCUT2D eigenvalue weighted by molar-refractivity contribution is -0.139. The first-order chi connectivity index (χ1) is 62.5. The predicted octanol–water partition coefficient (Wildman–Crippen LogP) is 15.4. The van der Waals surface area contributed by atoms with Crippen LogP contribution in [0.1, 0.15) is 121 Å². The third-order valence-electron chi connectivity index (χ3n) is 20.6. The summed E-state index contributed by atoms with van der Waals surface area (Å²) in [6.07, 6.45) is -0.322. The fourth-order valence-electron chi connectivity index (χ4n) is 14.3. The highest BCUT2D eigenvalue weighted by Gasteiger charge is 2.44. The number of carboxylic acid groups (broad SMARTS) is 1. The van der Waals surface area contributed by atoms with Gasteiger partial charge in [-0.1, -0.05) is 88.9 Å². The summed E-state index contributed by atoms with van der Waals surface area (Å²) in [6, 6.07) is 30.8. The van der Waals surface area contributed by atoms with E-state index in [4.69, 9.17) is 66.9 Å². The van der Waals surface area contributed by atoms with Gasteiger partial charge in [0.1, 0.15) is 84.9 Å². The number of benzene rings is 7. The minimum Gasteiger partial charge on any atom is -0.508 e. The molecule has 6 atom stereocenters. The molecule has 3 fully saturated rings. The van der Waals surface area contributed by atoms with Gasteiger partial charge < -0.3 is 73.9 Å². The molecule has 133 heavy (non-hydrogen) atoms. The SMILES string of the molecule is CC(=O)c1cn(CC(=O)N2C[C@H](F)C[C@H]2C(=O)NCc2cccc(Cl)c2F)c2ccc(O)cc12.CC(=O)c1cn(CC(=O)O)c2ccc(O)cc12.CCOP(=O)(COS(=O)(=O)c1ccc(C)cc1)OCC.CCO[P+](O)(COc1ccc2c(c1)c(C(C)=O)cn2CC(=O)N1C[C@H](F)C[C@H]1C(=O)NCc1cccc(Cl)c1F)OCC.Cl.O=C(NCc1cccc(Cl)c1F)[C@@H]1C[C@@H](F)CN1. The van der Waals surface area contributed by atoms with Crippen molar-refractivity contribution in [2.45, 2.75) is 155 Å². The molecular weight excluding hydrogens is 1900 g/mol. The second-order valence-electron chi connectivity index (χ2n) is 30.2. The number of Topliss-reactive ketones (excluding diaryl/α,β-unsaturated/α-hetero) is 3. The summed E-state index contributed by atoms with van der Waals surface area (Å²) < 4.78 is 155. The average molecular weight is 2000 g/mol. The van der Waals surface area contributed by atoms with Crippen molar-refractivity contribution in [1.29, 1.82) is 0 Å². The second-order valence-corrected chi connectivity index (χ2v) is 37.1. The molecule has 3 aliphatic heterocycles. The number of aromatic hydroxyl groups is 2. The number of hydrogen-bond donors (Lipinski definition) is 8. The minimum absolute atomic E-state index is 0. The summed E-state index contributed by atoms with van der Waals surface area (Å²) in [4.78, 5) is 123. The molecule has 6 heterocycles. The highest BCUT2D eigenvalue weighted by molar-refractivity contribution is 7.87. The first-order valence-corrected chi connectivity index (χ1v) is 47.3. The summed E-state index contributed by atoms with van der Waals surface area (Å²) in [5, 5.41) is 39.8.